The Kier molecular flexibility index (Phi) is 6.48. The van der Waals surface area contributed by atoms with E-state index in [0.29, 0.717) is 0 Å². The third-order valence-corrected chi connectivity index (χ3v) is 3.43. The number of anilines is 1. The van der Waals surface area contributed by atoms with Gasteiger partial charge in [0.05, 0.1) is 0 Å². The van der Waals surface area contributed by atoms with Gasteiger partial charge in [-0.2, -0.15) is 0 Å². The Morgan fingerprint density at radius 1 is 1.22 bits per heavy atom. The number of nitrogens with one attached hydrogen (secondary N) is 1. The van der Waals surface area contributed by atoms with Crippen LogP contribution in [0.2, 0.25) is 0 Å². The van der Waals surface area contributed by atoms with Gasteiger partial charge in [0.1, 0.15) is 0 Å². The lowest BCUT2D eigenvalue weighted by molar-refractivity contribution is 0.101. The number of ketones is 1. The van der Waals surface area contributed by atoms with Gasteiger partial charge in [0.25, 0.3) is 0 Å². The Labute approximate surface area is 111 Å². The number of benzene rings is 1. The van der Waals surface area contributed by atoms with E-state index in [1.54, 1.807) is 6.92 Å². The van der Waals surface area contributed by atoms with Gasteiger partial charge in [0, 0.05) is 17.8 Å². The highest BCUT2D eigenvalue weighted by Crippen LogP contribution is 2.15. The normalized spacial score (nSPS) is 12.2. The van der Waals surface area contributed by atoms with Crippen LogP contribution in [0.3, 0.4) is 0 Å². The zero-order chi connectivity index (χ0) is 13.4. The first-order valence-electron chi connectivity index (χ1n) is 7.02. The fourth-order valence-electron chi connectivity index (χ4n) is 2.03. The first-order chi connectivity index (χ1) is 8.67. The molecule has 100 valence electrons. The SMILES string of the molecule is CCCCC(CC)CNc1ccc(C(C)=O)cc1. The highest BCUT2D eigenvalue weighted by molar-refractivity contribution is 5.94. The van der Waals surface area contributed by atoms with Gasteiger partial charge in [-0.25, -0.2) is 0 Å². The van der Waals surface area contributed by atoms with Crippen molar-refractivity contribution in [3.8, 4) is 0 Å². The van der Waals surface area contributed by atoms with E-state index in [-0.39, 0.29) is 5.78 Å². The standard InChI is InChI=1S/C16H25NO/c1-4-6-7-14(5-2)12-17-16-10-8-15(9-11-16)13(3)18/h8-11,14,17H,4-7,12H2,1-3H3. The van der Waals surface area contributed by atoms with E-state index < -0.39 is 0 Å². The molecular weight excluding hydrogens is 222 g/mol. The molecule has 0 amide bonds. The molecule has 0 heterocycles. The van der Waals surface area contributed by atoms with Crippen LogP contribution in [0.5, 0.6) is 0 Å². The molecule has 0 saturated carbocycles. The average molecular weight is 247 g/mol. The van der Waals surface area contributed by atoms with Gasteiger partial charge in [0.2, 0.25) is 0 Å². The molecule has 0 saturated heterocycles. The van der Waals surface area contributed by atoms with Crippen LogP contribution in [-0.4, -0.2) is 12.3 Å². The summed E-state index contributed by atoms with van der Waals surface area (Å²) < 4.78 is 0. The molecule has 0 aliphatic heterocycles. The molecule has 0 radical (unpaired) electrons. The molecule has 1 rings (SSSR count). The number of carbonyl (C=O) groups excluding carboxylic acids is 1. The Morgan fingerprint density at radius 2 is 1.89 bits per heavy atom. The highest BCUT2D eigenvalue weighted by Gasteiger charge is 2.05. The maximum atomic E-state index is 11.2. The van der Waals surface area contributed by atoms with Gasteiger partial charge in [-0.1, -0.05) is 33.1 Å². The fourth-order valence-corrected chi connectivity index (χ4v) is 2.03. The molecule has 1 atom stereocenters. The molecule has 0 fully saturated rings. The van der Waals surface area contributed by atoms with Crippen molar-refractivity contribution in [1.82, 2.24) is 0 Å². The second-order valence-corrected chi connectivity index (χ2v) is 4.93. The van der Waals surface area contributed by atoms with Crippen molar-refractivity contribution in [3.05, 3.63) is 29.8 Å². The summed E-state index contributed by atoms with van der Waals surface area (Å²) >= 11 is 0. The molecule has 1 aromatic rings. The quantitative estimate of drug-likeness (QED) is 0.684. The van der Waals surface area contributed by atoms with Crippen molar-refractivity contribution in [1.29, 1.82) is 0 Å². The molecule has 0 bridgehead atoms. The molecule has 0 aliphatic rings. The maximum absolute atomic E-state index is 11.2. The van der Waals surface area contributed by atoms with E-state index in [2.05, 4.69) is 19.2 Å². The third kappa shape index (κ3) is 4.91. The van der Waals surface area contributed by atoms with Crippen molar-refractivity contribution in [2.75, 3.05) is 11.9 Å². The summed E-state index contributed by atoms with van der Waals surface area (Å²) in [6.45, 7) is 7.11. The summed E-state index contributed by atoms with van der Waals surface area (Å²) in [7, 11) is 0. The summed E-state index contributed by atoms with van der Waals surface area (Å²) in [5.74, 6) is 0.869. The zero-order valence-corrected chi connectivity index (χ0v) is 11.8. The Bertz CT molecular complexity index is 356. The van der Waals surface area contributed by atoms with Crippen molar-refractivity contribution in [2.45, 2.75) is 46.5 Å². The first kappa shape index (κ1) is 14.7. The van der Waals surface area contributed by atoms with Gasteiger partial charge < -0.3 is 5.32 Å². The van der Waals surface area contributed by atoms with Crippen LogP contribution in [0.4, 0.5) is 5.69 Å². The molecule has 2 nitrogen and oxygen atoms in total. The molecule has 18 heavy (non-hydrogen) atoms. The van der Waals surface area contributed by atoms with E-state index in [9.17, 15) is 4.79 Å². The zero-order valence-electron chi connectivity index (χ0n) is 11.8. The van der Waals surface area contributed by atoms with Crippen molar-refractivity contribution < 1.29 is 4.79 Å². The number of hydrogen-bond acceptors (Lipinski definition) is 2. The Morgan fingerprint density at radius 3 is 2.39 bits per heavy atom. The van der Waals surface area contributed by atoms with Gasteiger partial charge in [-0.05, 0) is 43.5 Å². The van der Waals surface area contributed by atoms with Gasteiger partial charge >= 0.3 is 0 Å². The molecule has 0 aliphatic carbocycles. The lowest BCUT2D eigenvalue weighted by atomic mass is 9.99. The number of carbonyl (C=O) groups is 1. The minimum atomic E-state index is 0.121. The summed E-state index contributed by atoms with van der Waals surface area (Å²) in [6.07, 6.45) is 5.09. The predicted molar refractivity (Wildman–Crippen MR) is 78.2 cm³/mol. The molecule has 1 unspecified atom stereocenters. The lowest BCUT2D eigenvalue weighted by Crippen LogP contribution is -2.13. The second-order valence-electron chi connectivity index (χ2n) is 4.93. The number of Topliss-reactive ketones (excluding diaryl/α,β-unsaturated/α-hetero) is 1. The van der Waals surface area contributed by atoms with Gasteiger partial charge in [0.15, 0.2) is 5.78 Å². The van der Waals surface area contributed by atoms with Crippen LogP contribution in [-0.2, 0) is 0 Å². The number of unbranched alkanes of at least 4 members (excludes halogenated alkanes) is 1. The lowest BCUT2D eigenvalue weighted by Gasteiger charge is -2.16. The fraction of sp³-hybridized carbons (Fsp3) is 0.562. The summed E-state index contributed by atoms with van der Waals surface area (Å²) in [5.41, 5.74) is 1.88. The minimum absolute atomic E-state index is 0.121. The van der Waals surface area contributed by atoms with E-state index >= 15 is 0 Å². The second kappa shape index (κ2) is 7.91. The summed E-state index contributed by atoms with van der Waals surface area (Å²) in [5, 5.41) is 3.46. The van der Waals surface area contributed by atoms with Crippen molar-refractivity contribution >= 4 is 11.5 Å². The van der Waals surface area contributed by atoms with Crippen LogP contribution in [0.25, 0.3) is 0 Å². The largest absolute Gasteiger partial charge is 0.385 e. The topological polar surface area (TPSA) is 29.1 Å². The Hall–Kier alpha value is -1.31. The number of rotatable bonds is 8. The van der Waals surface area contributed by atoms with Crippen LogP contribution in [0.1, 0.15) is 56.8 Å². The molecule has 0 spiro atoms. The minimum Gasteiger partial charge on any atom is -0.385 e. The monoisotopic (exact) mass is 247 g/mol. The Balaban J connectivity index is 2.44. The third-order valence-electron chi connectivity index (χ3n) is 3.43. The van der Waals surface area contributed by atoms with Gasteiger partial charge in [-0.15, -0.1) is 0 Å². The average Bonchev–Trinajstić information content (AvgIpc) is 2.39. The maximum Gasteiger partial charge on any atom is 0.159 e. The molecule has 0 aromatic heterocycles. The first-order valence-corrected chi connectivity index (χ1v) is 7.02. The molecular formula is C16H25NO. The smallest absolute Gasteiger partial charge is 0.159 e. The van der Waals surface area contributed by atoms with Gasteiger partial charge in [-0.3, -0.25) is 4.79 Å². The van der Waals surface area contributed by atoms with E-state index in [4.69, 9.17) is 0 Å². The molecule has 2 heteroatoms. The van der Waals surface area contributed by atoms with E-state index in [1.165, 1.54) is 25.7 Å². The highest BCUT2D eigenvalue weighted by atomic mass is 16.1. The molecule has 1 aromatic carbocycles. The summed E-state index contributed by atoms with van der Waals surface area (Å²) in [6, 6.07) is 7.75. The number of hydrogen-bond donors (Lipinski definition) is 1. The molecule has 1 N–H and O–H groups in total. The van der Waals surface area contributed by atoms with Crippen molar-refractivity contribution in [2.24, 2.45) is 5.92 Å². The van der Waals surface area contributed by atoms with Crippen LogP contribution < -0.4 is 5.32 Å². The summed E-state index contributed by atoms with van der Waals surface area (Å²) in [4.78, 5) is 11.2. The van der Waals surface area contributed by atoms with E-state index in [0.717, 1.165) is 23.7 Å². The van der Waals surface area contributed by atoms with E-state index in [1.807, 2.05) is 24.3 Å². The predicted octanol–water partition coefficient (Wildman–Crippen LogP) is 4.52. The van der Waals surface area contributed by atoms with Crippen LogP contribution >= 0.6 is 0 Å². The van der Waals surface area contributed by atoms with Crippen LogP contribution in [0.15, 0.2) is 24.3 Å². The van der Waals surface area contributed by atoms with Crippen LogP contribution in [0, 0.1) is 5.92 Å². The van der Waals surface area contributed by atoms with Crippen molar-refractivity contribution in [3.63, 3.8) is 0 Å².